The zero-order valence-electron chi connectivity index (χ0n) is 12.8. The molecule has 0 bridgehead atoms. The molecule has 0 aromatic heterocycles. The number of methoxy groups -OCH3 is 1. The molecule has 0 aliphatic heterocycles. The predicted molar refractivity (Wildman–Crippen MR) is 90.1 cm³/mol. The average Bonchev–Trinajstić information content (AvgIpc) is 2.55. The quantitative estimate of drug-likeness (QED) is 0.623. The fraction of sp³-hybridized carbons (Fsp3) is 0.200. The zero-order valence-corrected chi connectivity index (χ0v) is 12.8. The maximum absolute atomic E-state index is 5.41. The van der Waals surface area contributed by atoms with Crippen molar-refractivity contribution in [1.29, 1.82) is 0 Å². The van der Waals surface area contributed by atoms with Gasteiger partial charge in [0.25, 0.3) is 0 Å². The molecule has 0 aliphatic rings. The van der Waals surface area contributed by atoms with Crippen LogP contribution in [-0.2, 0) is 6.42 Å². The number of ether oxygens (including phenoxy) is 1. The van der Waals surface area contributed by atoms with Crippen LogP contribution in [0.4, 0.5) is 0 Å². The first-order chi connectivity index (χ1) is 10.2. The summed E-state index contributed by atoms with van der Waals surface area (Å²) in [6.45, 7) is 4.40. The molecule has 21 heavy (non-hydrogen) atoms. The summed E-state index contributed by atoms with van der Waals surface area (Å²) in [6, 6.07) is 19.3. The molecule has 0 saturated heterocycles. The minimum atomic E-state index is 0.918. The van der Waals surface area contributed by atoms with Crippen LogP contribution in [0, 0.1) is 6.92 Å². The zero-order chi connectivity index (χ0) is 14.8. The van der Waals surface area contributed by atoms with Crippen LogP contribution in [-0.4, -0.2) is 7.11 Å². The van der Waals surface area contributed by atoms with Crippen LogP contribution in [0.5, 0.6) is 5.75 Å². The van der Waals surface area contributed by atoms with Crippen molar-refractivity contribution in [2.45, 2.75) is 20.3 Å². The molecule has 0 atom stereocenters. The summed E-state index contributed by atoms with van der Waals surface area (Å²) in [5.74, 6) is 0.918. The topological polar surface area (TPSA) is 9.23 Å². The Bertz CT molecular complexity index is 773. The normalized spacial score (nSPS) is 10.8. The van der Waals surface area contributed by atoms with Gasteiger partial charge in [-0.3, -0.25) is 0 Å². The summed E-state index contributed by atoms with van der Waals surface area (Å²) in [4.78, 5) is 0. The summed E-state index contributed by atoms with van der Waals surface area (Å²) in [6.07, 6.45) is 1.01. The van der Waals surface area contributed by atoms with Crippen LogP contribution in [0.1, 0.15) is 18.1 Å². The highest BCUT2D eigenvalue weighted by molar-refractivity contribution is 5.95. The van der Waals surface area contributed by atoms with Gasteiger partial charge in [0.1, 0.15) is 5.75 Å². The first-order valence-electron chi connectivity index (χ1n) is 7.40. The third-order valence-electron chi connectivity index (χ3n) is 4.10. The molecule has 0 N–H and O–H groups in total. The van der Waals surface area contributed by atoms with Gasteiger partial charge in [-0.25, -0.2) is 0 Å². The second kappa shape index (κ2) is 5.61. The van der Waals surface area contributed by atoms with Crippen LogP contribution < -0.4 is 4.74 Å². The van der Waals surface area contributed by atoms with E-state index < -0.39 is 0 Å². The second-order valence-electron chi connectivity index (χ2n) is 5.35. The molecule has 1 nitrogen and oxygen atoms in total. The summed E-state index contributed by atoms with van der Waals surface area (Å²) in [5.41, 5.74) is 5.31. The van der Waals surface area contributed by atoms with Crippen molar-refractivity contribution in [3.05, 3.63) is 65.7 Å². The van der Waals surface area contributed by atoms with Crippen molar-refractivity contribution in [3.63, 3.8) is 0 Å². The van der Waals surface area contributed by atoms with Crippen LogP contribution in [0.2, 0.25) is 0 Å². The summed E-state index contributed by atoms with van der Waals surface area (Å²) in [5, 5.41) is 2.61. The van der Waals surface area contributed by atoms with E-state index in [4.69, 9.17) is 4.74 Å². The molecule has 106 valence electrons. The van der Waals surface area contributed by atoms with E-state index in [1.54, 1.807) is 7.11 Å². The molecule has 3 aromatic carbocycles. The van der Waals surface area contributed by atoms with Gasteiger partial charge >= 0.3 is 0 Å². The number of fused-ring (bicyclic) bond motifs is 1. The maximum Gasteiger partial charge on any atom is 0.119 e. The first kappa shape index (κ1) is 13.7. The monoisotopic (exact) mass is 276 g/mol. The highest BCUT2D eigenvalue weighted by Gasteiger charge is 2.11. The van der Waals surface area contributed by atoms with Crippen molar-refractivity contribution < 1.29 is 4.74 Å². The van der Waals surface area contributed by atoms with E-state index in [0.29, 0.717) is 0 Å². The summed E-state index contributed by atoms with van der Waals surface area (Å²) < 4.78 is 5.41. The van der Waals surface area contributed by atoms with Crippen molar-refractivity contribution in [1.82, 2.24) is 0 Å². The maximum atomic E-state index is 5.41. The van der Waals surface area contributed by atoms with E-state index >= 15 is 0 Å². The van der Waals surface area contributed by atoms with Gasteiger partial charge < -0.3 is 4.74 Å². The van der Waals surface area contributed by atoms with Crippen molar-refractivity contribution in [2.75, 3.05) is 7.11 Å². The van der Waals surface area contributed by atoms with Crippen molar-refractivity contribution >= 4 is 10.8 Å². The highest BCUT2D eigenvalue weighted by atomic mass is 16.5. The second-order valence-corrected chi connectivity index (χ2v) is 5.35. The molecule has 0 fully saturated rings. The number of aryl methyl sites for hydroxylation is 2. The van der Waals surface area contributed by atoms with Crippen molar-refractivity contribution in [3.8, 4) is 16.9 Å². The SMILES string of the molecule is CCc1c(-c2ccccc2)cc(C)c2ccc(OC)cc12. The average molecular weight is 276 g/mol. The van der Waals surface area contributed by atoms with Gasteiger partial charge in [-0.15, -0.1) is 0 Å². The van der Waals surface area contributed by atoms with Gasteiger partial charge in [0.15, 0.2) is 0 Å². The highest BCUT2D eigenvalue weighted by Crippen LogP contribution is 2.34. The molecule has 3 rings (SSSR count). The van der Waals surface area contributed by atoms with Gasteiger partial charge in [0.05, 0.1) is 7.11 Å². The largest absolute Gasteiger partial charge is 0.497 e. The Kier molecular flexibility index (Phi) is 3.66. The van der Waals surface area contributed by atoms with Gasteiger partial charge in [-0.2, -0.15) is 0 Å². The fourth-order valence-electron chi connectivity index (χ4n) is 3.03. The number of rotatable bonds is 3. The molecule has 0 radical (unpaired) electrons. The van der Waals surface area contributed by atoms with Crippen LogP contribution in [0.25, 0.3) is 21.9 Å². The van der Waals surface area contributed by atoms with E-state index in [1.165, 1.54) is 33.0 Å². The Labute approximate surface area is 126 Å². The lowest BCUT2D eigenvalue weighted by atomic mass is 9.90. The minimum absolute atomic E-state index is 0.918. The Morgan fingerprint density at radius 1 is 0.905 bits per heavy atom. The summed E-state index contributed by atoms with van der Waals surface area (Å²) >= 11 is 0. The number of hydrogen-bond acceptors (Lipinski definition) is 1. The molecular formula is C20H20O. The smallest absolute Gasteiger partial charge is 0.119 e. The molecule has 0 aliphatic carbocycles. The number of benzene rings is 3. The van der Waals surface area contributed by atoms with Gasteiger partial charge in [-0.1, -0.05) is 49.4 Å². The third kappa shape index (κ3) is 2.40. The van der Waals surface area contributed by atoms with E-state index in [1.807, 2.05) is 6.07 Å². The molecule has 0 heterocycles. The van der Waals surface area contributed by atoms with E-state index in [9.17, 15) is 0 Å². The Morgan fingerprint density at radius 2 is 1.67 bits per heavy atom. The molecular weight excluding hydrogens is 256 g/mol. The van der Waals surface area contributed by atoms with E-state index in [-0.39, 0.29) is 0 Å². The Hall–Kier alpha value is -2.28. The first-order valence-corrected chi connectivity index (χ1v) is 7.40. The standard InChI is InChI=1S/C20H20O/c1-4-17-19(15-8-6-5-7-9-15)12-14(2)18-11-10-16(21-3)13-20(17)18/h5-13H,4H2,1-3H3. The molecule has 0 amide bonds. The Balaban J connectivity index is 2.35. The van der Waals surface area contributed by atoms with Gasteiger partial charge in [0, 0.05) is 0 Å². The van der Waals surface area contributed by atoms with Crippen LogP contribution in [0.3, 0.4) is 0 Å². The van der Waals surface area contributed by atoms with Crippen molar-refractivity contribution in [2.24, 2.45) is 0 Å². The summed E-state index contributed by atoms with van der Waals surface area (Å²) in [7, 11) is 1.72. The minimum Gasteiger partial charge on any atom is -0.497 e. The van der Waals surface area contributed by atoms with Gasteiger partial charge in [0.2, 0.25) is 0 Å². The Morgan fingerprint density at radius 3 is 2.33 bits per heavy atom. The fourth-order valence-corrected chi connectivity index (χ4v) is 3.03. The number of hydrogen-bond donors (Lipinski definition) is 0. The third-order valence-corrected chi connectivity index (χ3v) is 4.10. The van der Waals surface area contributed by atoms with Gasteiger partial charge in [-0.05, 0) is 58.5 Å². The van der Waals surface area contributed by atoms with Crippen LogP contribution in [0.15, 0.2) is 54.6 Å². The molecule has 0 saturated carbocycles. The molecule has 0 unspecified atom stereocenters. The molecule has 0 spiro atoms. The van der Waals surface area contributed by atoms with E-state index in [0.717, 1.165) is 12.2 Å². The molecule has 3 aromatic rings. The lowest BCUT2D eigenvalue weighted by molar-refractivity contribution is 0.415. The van der Waals surface area contributed by atoms with Crippen LogP contribution >= 0.6 is 0 Å². The van der Waals surface area contributed by atoms with E-state index in [2.05, 4.69) is 62.4 Å². The predicted octanol–water partition coefficient (Wildman–Crippen LogP) is 5.39. The lowest BCUT2D eigenvalue weighted by Crippen LogP contribution is -1.94. The molecule has 1 heteroatoms. The lowest BCUT2D eigenvalue weighted by Gasteiger charge is -2.15.